The van der Waals surface area contributed by atoms with Gasteiger partial charge in [0.25, 0.3) is 5.91 Å². The zero-order valence-corrected chi connectivity index (χ0v) is 17.4. The first-order chi connectivity index (χ1) is 15.5. The zero-order chi connectivity index (χ0) is 22.4. The van der Waals surface area contributed by atoms with E-state index >= 15 is 0 Å². The molecule has 32 heavy (non-hydrogen) atoms. The molecule has 2 unspecified atom stereocenters. The molecule has 2 aromatic carbocycles. The van der Waals surface area contributed by atoms with Gasteiger partial charge in [-0.05, 0) is 30.7 Å². The van der Waals surface area contributed by atoms with Crippen LogP contribution in [0.15, 0.2) is 65.8 Å². The first-order valence-electron chi connectivity index (χ1n) is 10.4. The molecular formula is C23H22FN5O3. The van der Waals surface area contributed by atoms with Gasteiger partial charge < -0.3 is 10.0 Å². The van der Waals surface area contributed by atoms with Crippen LogP contribution in [0.25, 0.3) is 5.70 Å². The summed E-state index contributed by atoms with van der Waals surface area (Å²) in [4.78, 5) is 37.1. The van der Waals surface area contributed by atoms with E-state index in [9.17, 15) is 19.1 Å². The molecule has 3 heterocycles. The summed E-state index contributed by atoms with van der Waals surface area (Å²) in [6, 6.07) is 14.6. The molecular weight excluding hydrogens is 413 g/mol. The van der Waals surface area contributed by atoms with Gasteiger partial charge in [0.2, 0.25) is 5.96 Å². The van der Waals surface area contributed by atoms with Crippen LogP contribution in [-0.2, 0) is 4.79 Å². The molecule has 3 amide bonds. The molecule has 0 aromatic heterocycles. The summed E-state index contributed by atoms with van der Waals surface area (Å²) in [5.74, 6) is -0.200. The van der Waals surface area contributed by atoms with Crippen molar-refractivity contribution in [3.63, 3.8) is 0 Å². The largest absolute Gasteiger partial charge is 0.396 e. The van der Waals surface area contributed by atoms with E-state index in [1.54, 1.807) is 24.1 Å². The Hall–Kier alpha value is -3.72. The zero-order valence-electron chi connectivity index (χ0n) is 17.4. The SMILES string of the molecule is CN1C(=O)N(CCCO)C(=O)C2C1N=C1N(c3ccc(F)cc3)C(c3ccccc3)=CN12. The van der Waals surface area contributed by atoms with Gasteiger partial charge in [-0.1, -0.05) is 30.3 Å². The lowest BCUT2D eigenvalue weighted by molar-refractivity contribution is -0.136. The Morgan fingerprint density at radius 1 is 1.06 bits per heavy atom. The third-order valence-corrected chi connectivity index (χ3v) is 5.91. The van der Waals surface area contributed by atoms with Gasteiger partial charge in [0.05, 0.1) is 5.70 Å². The average Bonchev–Trinajstić information content (AvgIpc) is 3.35. The van der Waals surface area contributed by atoms with Crippen molar-refractivity contribution in [3.05, 3.63) is 72.2 Å². The van der Waals surface area contributed by atoms with Gasteiger partial charge in [0, 0.05) is 37.7 Å². The molecule has 9 heteroatoms. The summed E-state index contributed by atoms with van der Waals surface area (Å²) < 4.78 is 13.6. The van der Waals surface area contributed by atoms with Crippen LogP contribution in [0.5, 0.6) is 0 Å². The molecule has 5 rings (SSSR count). The van der Waals surface area contributed by atoms with Gasteiger partial charge in [-0.15, -0.1) is 0 Å². The standard InChI is InChI=1S/C23H22FN5O3/c1-26-20-19(21(31)27(23(26)32)12-5-13-30)28-14-18(15-6-3-2-4-7-15)29(22(28)25-20)17-10-8-16(24)9-11-17/h2-4,6-11,14,19-20,30H,5,12-13H2,1H3. The Kier molecular flexibility index (Phi) is 4.90. The fourth-order valence-electron chi connectivity index (χ4n) is 4.33. The lowest BCUT2D eigenvalue weighted by atomic mass is 10.1. The Morgan fingerprint density at radius 3 is 2.47 bits per heavy atom. The highest BCUT2D eigenvalue weighted by molar-refractivity contribution is 6.16. The highest BCUT2D eigenvalue weighted by atomic mass is 19.1. The van der Waals surface area contributed by atoms with E-state index < -0.39 is 18.2 Å². The number of hydrogen-bond acceptors (Lipinski definition) is 6. The number of urea groups is 1. The molecule has 3 aliphatic rings. The second-order valence-corrected chi connectivity index (χ2v) is 7.85. The van der Waals surface area contributed by atoms with E-state index in [2.05, 4.69) is 0 Å². The Morgan fingerprint density at radius 2 is 1.78 bits per heavy atom. The minimum absolute atomic E-state index is 0.114. The number of anilines is 1. The summed E-state index contributed by atoms with van der Waals surface area (Å²) in [6.45, 7) is 0.0264. The molecule has 1 N–H and O–H groups in total. The normalized spacial score (nSPS) is 22.2. The van der Waals surface area contributed by atoms with Crippen LogP contribution in [-0.4, -0.2) is 70.1 Å². The summed E-state index contributed by atoms with van der Waals surface area (Å²) in [7, 11) is 1.62. The molecule has 0 radical (unpaired) electrons. The molecule has 2 aromatic rings. The molecule has 1 fully saturated rings. The van der Waals surface area contributed by atoms with Crippen molar-refractivity contribution in [1.82, 2.24) is 14.7 Å². The van der Waals surface area contributed by atoms with E-state index in [-0.39, 0.29) is 24.9 Å². The number of amides is 3. The van der Waals surface area contributed by atoms with E-state index in [1.807, 2.05) is 41.4 Å². The minimum atomic E-state index is -0.712. The maximum Gasteiger partial charge on any atom is 0.328 e. The highest BCUT2D eigenvalue weighted by Crippen LogP contribution is 2.39. The quantitative estimate of drug-likeness (QED) is 0.780. The molecule has 0 spiro atoms. The van der Waals surface area contributed by atoms with E-state index in [0.29, 0.717) is 18.1 Å². The fraction of sp³-hybridized carbons (Fsp3) is 0.261. The van der Waals surface area contributed by atoms with E-state index in [4.69, 9.17) is 4.99 Å². The molecule has 2 atom stereocenters. The first kappa shape index (κ1) is 20.2. The number of carbonyl (C=O) groups excluding carboxylic acids is 2. The molecule has 0 saturated carbocycles. The summed E-state index contributed by atoms with van der Waals surface area (Å²) >= 11 is 0. The van der Waals surface area contributed by atoms with Crippen LogP contribution < -0.4 is 4.90 Å². The van der Waals surface area contributed by atoms with Crippen LogP contribution in [0.1, 0.15) is 12.0 Å². The number of aliphatic hydroxyl groups is 1. The van der Waals surface area contributed by atoms with Crippen molar-refractivity contribution >= 4 is 29.3 Å². The Labute approximate surface area is 184 Å². The number of aliphatic imine (C=N–C) groups is 1. The summed E-state index contributed by atoms with van der Waals surface area (Å²) in [6.07, 6.45) is 1.49. The third-order valence-electron chi connectivity index (χ3n) is 5.91. The van der Waals surface area contributed by atoms with Gasteiger partial charge in [-0.3, -0.25) is 19.5 Å². The number of guanidine groups is 1. The smallest absolute Gasteiger partial charge is 0.328 e. The average molecular weight is 435 g/mol. The maximum atomic E-state index is 13.6. The number of imide groups is 1. The van der Waals surface area contributed by atoms with Crippen molar-refractivity contribution in [1.29, 1.82) is 0 Å². The van der Waals surface area contributed by atoms with Crippen molar-refractivity contribution in [3.8, 4) is 0 Å². The summed E-state index contributed by atoms with van der Waals surface area (Å²) in [5, 5.41) is 9.18. The lowest BCUT2D eigenvalue weighted by Gasteiger charge is -2.40. The van der Waals surface area contributed by atoms with Crippen LogP contribution in [0.2, 0.25) is 0 Å². The van der Waals surface area contributed by atoms with Crippen LogP contribution in [0.3, 0.4) is 0 Å². The second kappa shape index (κ2) is 7.76. The Bertz CT molecular complexity index is 1120. The van der Waals surface area contributed by atoms with Gasteiger partial charge in [0.15, 0.2) is 12.2 Å². The third kappa shape index (κ3) is 3.04. The molecule has 8 nitrogen and oxygen atoms in total. The number of benzene rings is 2. The van der Waals surface area contributed by atoms with Crippen molar-refractivity contribution in [2.75, 3.05) is 25.1 Å². The van der Waals surface area contributed by atoms with E-state index in [1.165, 1.54) is 21.9 Å². The van der Waals surface area contributed by atoms with Crippen LogP contribution >= 0.6 is 0 Å². The second-order valence-electron chi connectivity index (χ2n) is 7.85. The van der Waals surface area contributed by atoms with Gasteiger partial charge in [-0.25, -0.2) is 14.2 Å². The number of hydrogen-bond donors (Lipinski definition) is 1. The summed E-state index contributed by atoms with van der Waals surface area (Å²) in [5.41, 5.74) is 2.40. The highest BCUT2D eigenvalue weighted by Gasteiger charge is 2.54. The Balaban J connectivity index is 1.59. The molecule has 1 saturated heterocycles. The van der Waals surface area contributed by atoms with Crippen molar-refractivity contribution in [2.45, 2.75) is 18.6 Å². The van der Waals surface area contributed by atoms with Gasteiger partial charge >= 0.3 is 6.03 Å². The molecule has 164 valence electrons. The number of fused-ring (bicyclic) bond motifs is 3. The van der Waals surface area contributed by atoms with Gasteiger partial charge in [-0.2, -0.15) is 0 Å². The fourth-order valence-corrected chi connectivity index (χ4v) is 4.33. The topological polar surface area (TPSA) is 79.7 Å². The van der Waals surface area contributed by atoms with Crippen LogP contribution in [0.4, 0.5) is 14.9 Å². The number of rotatable bonds is 5. The molecule has 3 aliphatic heterocycles. The predicted molar refractivity (Wildman–Crippen MR) is 117 cm³/mol. The number of aliphatic hydroxyl groups excluding tert-OH is 1. The number of halogens is 1. The minimum Gasteiger partial charge on any atom is -0.396 e. The van der Waals surface area contributed by atoms with Crippen molar-refractivity contribution in [2.24, 2.45) is 4.99 Å². The lowest BCUT2D eigenvalue weighted by Crippen LogP contribution is -2.64. The van der Waals surface area contributed by atoms with Crippen LogP contribution in [0, 0.1) is 5.82 Å². The maximum absolute atomic E-state index is 13.6. The molecule has 0 bridgehead atoms. The monoisotopic (exact) mass is 435 g/mol. The molecule has 0 aliphatic carbocycles. The number of likely N-dealkylation sites (N-methyl/N-ethyl adjacent to an activating group) is 1. The van der Waals surface area contributed by atoms with Gasteiger partial charge in [0.1, 0.15) is 5.82 Å². The number of carbonyl (C=O) groups is 2. The predicted octanol–water partition coefficient (Wildman–Crippen LogP) is 2.29. The number of nitrogens with zero attached hydrogens (tertiary/aromatic N) is 5. The van der Waals surface area contributed by atoms with Crippen molar-refractivity contribution < 1.29 is 19.1 Å². The van der Waals surface area contributed by atoms with E-state index in [0.717, 1.165) is 11.3 Å². The first-order valence-corrected chi connectivity index (χ1v) is 10.4.